The smallest absolute Gasteiger partial charge is 0.731 e. The van der Waals surface area contributed by atoms with E-state index in [4.69, 9.17) is 5.73 Å². The summed E-state index contributed by atoms with van der Waals surface area (Å²) in [6, 6.07) is 6.90. The molecule has 11 nitrogen and oxygen atoms in total. The molecule has 2 aromatic rings. The van der Waals surface area contributed by atoms with E-state index < -0.39 is 34.2 Å². The molecule has 1 aliphatic heterocycles. The fourth-order valence-corrected chi connectivity index (χ4v) is 4.54. The van der Waals surface area contributed by atoms with Gasteiger partial charge in [-0.1, -0.05) is 35.5 Å². The van der Waals surface area contributed by atoms with E-state index >= 15 is 0 Å². The van der Waals surface area contributed by atoms with Crippen LogP contribution in [-0.2, 0) is 31.2 Å². The quantitative estimate of drug-likeness (QED) is 0.133. The zero-order chi connectivity index (χ0) is 21.9. The average molecular weight is 475 g/mol. The average Bonchev–Trinajstić information content (AvgIpc) is 3.12. The normalized spacial score (nSPS) is 18.7. The van der Waals surface area contributed by atoms with Gasteiger partial charge in [-0.3, -0.25) is 9.59 Å². The molecule has 0 unspecified atom stereocenters. The number of aryl methyl sites for hydroxylation is 1. The Morgan fingerprint density at radius 2 is 2.06 bits per heavy atom. The summed E-state index contributed by atoms with van der Waals surface area (Å²) < 4.78 is 34.8. The fourth-order valence-electron chi connectivity index (χ4n) is 3.10. The minimum Gasteiger partial charge on any atom is -0.731 e. The van der Waals surface area contributed by atoms with Crippen molar-refractivity contribution >= 4 is 44.3 Å². The zero-order valence-corrected chi connectivity index (χ0v) is 20.4. The molecule has 2 heterocycles. The van der Waals surface area contributed by atoms with E-state index in [-0.39, 0.29) is 56.8 Å². The van der Waals surface area contributed by atoms with E-state index in [2.05, 4.69) is 20.3 Å². The number of amides is 2. The van der Waals surface area contributed by atoms with Crippen molar-refractivity contribution in [2.45, 2.75) is 24.9 Å². The molecule has 3 rings (SSSR count). The van der Waals surface area contributed by atoms with Crippen LogP contribution < -0.4 is 40.6 Å². The summed E-state index contributed by atoms with van der Waals surface area (Å²) in [7, 11) is -3.79. The number of hydrogen-bond acceptors (Lipinski definition) is 10. The van der Waals surface area contributed by atoms with Crippen LogP contribution in [-0.4, -0.2) is 59.0 Å². The van der Waals surface area contributed by atoms with Crippen molar-refractivity contribution in [1.82, 2.24) is 14.6 Å². The number of thiazole rings is 1. The first kappa shape index (κ1) is 25.2. The maximum absolute atomic E-state index is 12.7. The molecule has 31 heavy (non-hydrogen) atoms. The van der Waals surface area contributed by atoms with Gasteiger partial charge < -0.3 is 20.4 Å². The van der Waals surface area contributed by atoms with Crippen LogP contribution in [0.25, 0.3) is 0 Å². The number of β-lactam (4-membered cyclic amide) rings is 1. The number of aromatic nitrogens is 1. The van der Waals surface area contributed by atoms with Gasteiger partial charge in [0, 0.05) is 5.38 Å². The van der Waals surface area contributed by atoms with E-state index in [1.54, 1.807) is 0 Å². The summed E-state index contributed by atoms with van der Waals surface area (Å²) in [4.78, 5) is 33.6. The van der Waals surface area contributed by atoms with Crippen LogP contribution in [0.5, 0.6) is 0 Å². The molecule has 1 fully saturated rings. The van der Waals surface area contributed by atoms with Gasteiger partial charge in [0.1, 0.15) is 18.8 Å². The maximum atomic E-state index is 12.7. The number of anilines is 1. The molecule has 2 amide bonds. The molecule has 1 aromatic carbocycles. The van der Waals surface area contributed by atoms with E-state index in [0.29, 0.717) is 6.42 Å². The summed E-state index contributed by atoms with van der Waals surface area (Å²) in [5.41, 5.74) is 6.37. The monoisotopic (exact) mass is 475 g/mol. The Bertz CT molecular complexity index is 1080. The van der Waals surface area contributed by atoms with Crippen molar-refractivity contribution in [3.8, 4) is 0 Å². The molecule has 0 radical (unpaired) electrons. The zero-order valence-electron chi connectivity index (χ0n) is 16.7. The molecule has 0 saturated carbocycles. The Labute approximate surface area is 204 Å². The number of carbonyl (C=O) groups is 2. The van der Waals surface area contributed by atoms with E-state index in [9.17, 15) is 22.6 Å². The molecule has 160 valence electrons. The van der Waals surface area contributed by atoms with Crippen molar-refractivity contribution in [3.63, 3.8) is 0 Å². The van der Waals surface area contributed by atoms with Crippen LogP contribution in [0, 0.1) is 0 Å². The van der Waals surface area contributed by atoms with Gasteiger partial charge >= 0.3 is 29.6 Å². The molecule has 1 aromatic heterocycles. The van der Waals surface area contributed by atoms with E-state index in [1.807, 2.05) is 30.3 Å². The summed E-state index contributed by atoms with van der Waals surface area (Å²) >= 11 is 1.08. The first-order valence-electron chi connectivity index (χ1n) is 8.68. The van der Waals surface area contributed by atoms with Gasteiger partial charge in [0.15, 0.2) is 21.1 Å². The Morgan fingerprint density at radius 3 is 2.61 bits per heavy atom. The van der Waals surface area contributed by atoms with Crippen LogP contribution in [0.4, 0.5) is 5.13 Å². The summed E-state index contributed by atoms with van der Waals surface area (Å²) in [5, 5.41) is 7.73. The second-order valence-corrected chi connectivity index (χ2v) is 8.47. The van der Waals surface area contributed by atoms with Crippen molar-refractivity contribution in [2.24, 2.45) is 5.16 Å². The Morgan fingerprint density at radius 1 is 1.39 bits per heavy atom. The Hall–Kier alpha value is -2.03. The second-order valence-electron chi connectivity index (χ2n) is 6.33. The summed E-state index contributed by atoms with van der Waals surface area (Å²) in [5.74, 6) is -1.82. The van der Waals surface area contributed by atoms with Gasteiger partial charge in [0.05, 0.1) is 6.04 Å². The molecule has 0 bridgehead atoms. The molecular weight excluding hydrogens is 457 g/mol. The van der Waals surface area contributed by atoms with Gasteiger partial charge in [-0.15, -0.1) is 11.3 Å². The Kier molecular flexibility index (Phi) is 8.57. The number of nitrogen functional groups attached to an aromatic ring is 1. The van der Waals surface area contributed by atoms with Gasteiger partial charge in [-0.25, -0.2) is 17.7 Å². The van der Waals surface area contributed by atoms with Crippen molar-refractivity contribution in [1.29, 1.82) is 0 Å². The third-order valence-electron chi connectivity index (χ3n) is 4.43. The third-order valence-corrected chi connectivity index (χ3v) is 6.04. The molecule has 2 atom stereocenters. The standard InChI is InChI=1S/C17H19N5O6S2.Na/c1-28-21-13(11-9-29-17(18)19-11)15(23)20-14-12(22(16(14)24)30(25,26)27)8-7-10-5-3-2-4-6-10;/h2-6,9,12,14H,7-8H2,1H3,(H2,18,19)(H,20,23)(H,25,26,27);/q;+1/p-1/t12-,14+;/m0./s1. The third kappa shape index (κ3) is 5.81. The molecule has 1 aliphatic rings. The van der Waals surface area contributed by atoms with Crippen LogP contribution in [0.15, 0.2) is 40.9 Å². The second kappa shape index (κ2) is 10.5. The minimum atomic E-state index is -5.02. The number of nitrogens with two attached hydrogens (primary N) is 1. The van der Waals surface area contributed by atoms with Crippen molar-refractivity contribution in [3.05, 3.63) is 47.0 Å². The molecule has 0 spiro atoms. The molecule has 1 saturated heterocycles. The molecule has 3 N–H and O–H groups in total. The van der Waals surface area contributed by atoms with Gasteiger partial charge in [0.2, 0.25) is 0 Å². The largest absolute Gasteiger partial charge is 1.00 e. The topological polar surface area (TPSA) is 167 Å². The number of hydrogen-bond donors (Lipinski definition) is 2. The molecular formula is C17H18N5NaO6S2. The van der Waals surface area contributed by atoms with Gasteiger partial charge in [-0.05, 0) is 18.4 Å². The molecule has 0 aliphatic carbocycles. The number of carbonyl (C=O) groups excluding carboxylic acids is 2. The van der Waals surface area contributed by atoms with Crippen LogP contribution in [0.3, 0.4) is 0 Å². The van der Waals surface area contributed by atoms with Gasteiger partial charge in [0.25, 0.3) is 11.8 Å². The first-order chi connectivity index (χ1) is 14.2. The fraction of sp³-hybridized carbons (Fsp3) is 0.294. The predicted octanol–water partition coefficient (Wildman–Crippen LogP) is -3.13. The first-order valence-corrected chi connectivity index (χ1v) is 10.9. The summed E-state index contributed by atoms with van der Waals surface area (Å²) in [6.07, 6.45) is 0.557. The molecule has 14 heteroatoms. The number of nitrogens with zero attached hydrogens (tertiary/aromatic N) is 3. The SMILES string of the molecule is CON=C(C(=O)N[C@H]1C(=O)N(S(=O)(=O)[O-])[C@H]1CCc1ccccc1)c1csc(N)n1.[Na+]. The number of benzene rings is 1. The predicted molar refractivity (Wildman–Crippen MR) is 107 cm³/mol. The number of nitrogens with one attached hydrogen (secondary N) is 1. The van der Waals surface area contributed by atoms with Crippen LogP contribution in [0.2, 0.25) is 0 Å². The van der Waals surface area contributed by atoms with Crippen molar-refractivity contribution in [2.75, 3.05) is 12.8 Å². The van der Waals surface area contributed by atoms with Crippen LogP contribution in [0.1, 0.15) is 17.7 Å². The summed E-state index contributed by atoms with van der Waals surface area (Å²) in [6.45, 7) is 0. The minimum absolute atomic E-state index is 0. The Balaban J connectivity index is 0.00000341. The number of oxime groups is 1. The van der Waals surface area contributed by atoms with E-state index in [0.717, 1.165) is 16.9 Å². The van der Waals surface area contributed by atoms with Crippen molar-refractivity contribution < 1.29 is 57.0 Å². The van der Waals surface area contributed by atoms with Gasteiger partial charge in [-0.2, -0.15) is 0 Å². The van der Waals surface area contributed by atoms with E-state index in [1.165, 1.54) is 12.5 Å². The van der Waals surface area contributed by atoms with Crippen LogP contribution >= 0.6 is 11.3 Å². The maximum Gasteiger partial charge on any atom is 1.00 e. The number of rotatable bonds is 8.